The largest absolute Gasteiger partial charge is 0.389 e. The topological polar surface area (TPSA) is 66.6 Å². The molecule has 0 unspecified atom stereocenters. The number of hydrogen-bond acceptors (Lipinski definition) is 4. The highest BCUT2D eigenvalue weighted by Crippen LogP contribution is 2.21. The van der Waals surface area contributed by atoms with Gasteiger partial charge in [-0.2, -0.15) is 0 Å². The minimum absolute atomic E-state index is 0.0616. The highest BCUT2D eigenvalue weighted by molar-refractivity contribution is 6.29. The van der Waals surface area contributed by atoms with Crippen LogP contribution in [0.1, 0.15) is 11.3 Å². The smallest absolute Gasteiger partial charge is 0.229 e. The van der Waals surface area contributed by atoms with Crippen LogP contribution in [0.4, 0.5) is 0 Å². The lowest BCUT2D eigenvalue weighted by Crippen LogP contribution is -2.54. The number of amides is 1. The summed E-state index contributed by atoms with van der Waals surface area (Å²) in [6.45, 7) is 2.55. The number of carbonyl (C=O) groups is 1. The maximum atomic E-state index is 11.6. The Morgan fingerprint density at radius 2 is 2.40 bits per heavy atom. The van der Waals surface area contributed by atoms with Gasteiger partial charge in [-0.25, -0.2) is 0 Å². The van der Waals surface area contributed by atoms with Crippen molar-refractivity contribution in [3.05, 3.63) is 16.5 Å². The molecule has 2 rings (SSSR count). The zero-order valence-electron chi connectivity index (χ0n) is 8.23. The van der Waals surface area contributed by atoms with Crippen LogP contribution >= 0.6 is 11.6 Å². The van der Waals surface area contributed by atoms with Gasteiger partial charge < -0.3 is 14.5 Å². The molecule has 1 aliphatic rings. The van der Waals surface area contributed by atoms with Crippen LogP contribution in [0, 0.1) is 6.92 Å². The molecule has 1 fully saturated rings. The van der Waals surface area contributed by atoms with E-state index >= 15 is 0 Å². The molecule has 0 radical (unpaired) electrons. The van der Waals surface area contributed by atoms with Gasteiger partial charge in [0.1, 0.15) is 0 Å². The van der Waals surface area contributed by atoms with Crippen LogP contribution in [0.25, 0.3) is 0 Å². The third-order valence-corrected chi connectivity index (χ3v) is 2.78. The number of rotatable bonds is 2. The Bertz CT molecular complexity index is 365. The molecule has 0 aliphatic carbocycles. The summed E-state index contributed by atoms with van der Waals surface area (Å²) in [5.74, 6) is -0.0616. The van der Waals surface area contributed by atoms with E-state index in [1.807, 2.05) is 0 Å². The molecule has 1 aromatic heterocycles. The number of aryl methyl sites for hydroxylation is 1. The molecule has 82 valence electrons. The SMILES string of the molecule is Cc1noc(Cl)c1CC(=O)N1CC(O)C1. The van der Waals surface area contributed by atoms with E-state index in [-0.39, 0.29) is 23.7 Å². The first-order valence-corrected chi connectivity index (χ1v) is 5.02. The van der Waals surface area contributed by atoms with Crippen molar-refractivity contribution in [3.63, 3.8) is 0 Å². The summed E-state index contributed by atoms with van der Waals surface area (Å²) in [4.78, 5) is 13.2. The Kier molecular flexibility index (Phi) is 2.67. The number of aliphatic hydroxyl groups is 1. The second kappa shape index (κ2) is 3.83. The Morgan fingerprint density at radius 1 is 1.73 bits per heavy atom. The molecule has 15 heavy (non-hydrogen) atoms. The normalized spacial score (nSPS) is 16.6. The number of halogens is 1. The average Bonchev–Trinajstić information content (AvgIpc) is 2.44. The van der Waals surface area contributed by atoms with Crippen LogP contribution in [-0.4, -0.2) is 40.3 Å². The van der Waals surface area contributed by atoms with Crippen LogP contribution in [0.15, 0.2) is 4.52 Å². The predicted molar refractivity (Wildman–Crippen MR) is 52.5 cm³/mol. The maximum absolute atomic E-state index is 11.6. The molecule has 2 heterocycles. The number of aromatic nitrogens is 1. The van der Waals surface area contributed by atoms with E-state index in [0.29, 0.717) is 24.3 Å². The third-order valence-electron chi connectivity index (χ3n) is 2.48. The molecule has 1 saturated heterocycles. The van der Waals surface area contributed by atoms with Gasteiger partial charge in [0.15, 0.2) is 0 Å². The summed E-state index contributed by atoms with van der Waals surface area (Å²) < 4.78 is 4.74. The Hall–Kier alpha value is -1.07. The van der Waals surface area contributed by atoms with Crippen molar-refractivity contribution in [2.45, 2.75) is 19.4 Å². The van der Waals surface area contributed by atoms with Gasteiger partial charge in [-0.1, -0.05) is 5.16 Å². The van der Waals surface area contributed by atoms with E-state index in [1.165, 1.54) is 0 Å². The fourth-order valence-corrected chi connectivity index (χ4v) is 1.72. The summed E-state index contributed by atoms with van der Waals surface area (Å²) in [6, 6.07) is 0. The number of nitrogens with zero attached hydrogens (tertiary/aromatic N) is 2. The van der Waals surface area contributed by atoms with Gasteiger partial charge >= 0.3 is 0 Å². The number of likely N-dealkylation sites (tertiary alicyclic amines) is 1. The molecule has 5 nitrogen and oxygen atoms in total. The predicted octanol–water partition coefficient (Wildman–Crippen LogP) is 0.382. The van der Waals surface area contributed by atoms with Gasteiger partial charge in [0, 0.05) is 18.7 Å². The molecule has 1 N–H and O–H groups in total. The van der Waals surface area contributed by atoms with Crippen molar-refractivity contribution in [2.75, 3.05) is 13.1 Å². The van der Waals surface area contributed by atoms with Crippen molar-refractivity contribution in [3.8, 4) is 0 Å². The zero-order valence-corrected chi connectivity index (χ0v) is 8.99. The van der Waals surface area contributed by atoms with E-state index in [4.69, 9.17) is 21.2 Å². The summed E-state index contributed by atoms with van der Waals surface area (Å²) >= 11 is 5.73. The first-order valence-electron chi connectivity index (χ1n) is 4.64. The van der Waals surface area contributed by atoms with Crippen molar-refractivity contribution < 1.29 is 14.4 Å². The molecule has 0 saturated carbocycles. The Labute approximate surface area is 91.6 Å². The molecule has 1 aromatic rings. The standard InChI is InChI=1S/C9H11ClN2O3/c1-5-7(9(10)15-11-5)2-8(14)12-3-6(13)4-12/h6,13H,2-4H2,1H3. The molecule has 6 heteroatoms. The minimum Gasteiger partial charge on any atom is -0.389 e. The van der Waals surface area contributed by atoms with Crippen LogP contribution in [0.3, 0.4) is 0 Å². The molecule has 0 atom stereocenters. The van der Waals surface area contributed by atoms with Gasteiger partial charge in [0.05, 0.1) is 18.2 Å². The Morgan fingerprint density at radius 3 is 2.87 bits per heavy atom. The third kappa shape index (κ3) is 1.98. The summed E-state index contributed by atoms with van der Waals surface area (Å²) in [6.07, 6.45) is -0.200. The molecule has 0 bridgehead atoms. The van der Waals surface area contributed by atoms with Gasteiger partial charge in [0.25, 0.3) is 0 Å². The minimum atomic E-state index is -0.381. The molecular weight excluding hydrogens is 220 g/mol. The van der Waals surface area contributed by atoms with Crippen LogP contribution in [0.2, 0.25) is 5.22 Å². The first kappa shape index (κ1) is 10.4. The fraction of sp³-hybridized carbons (Fsp3) is 0.556. The summed E-state index contributed by atoms with van der Waals surface area (Å²) in [5, 5.41) is 12.9. The summed E-state index contributed by atoms with van der Waals surface area (Å²) in [7, 11) is 0. The molecular formula is C9H11ClN2O3. The van der Waals surface area contributed by atoms with E-state index < -0.39 is 0 Å². The van der Waals surface area contributed by atoms with Crippen molar-refractivity contribution in [2.24, 2.45) is 0 Å². The Balaban J connectivity index is 2.00. The van der Waals surface area contributed by atoms with Gasteiger partial charge in [-0.15, -0.1) is 0 Å². The molecule has 1 aliphatic heterocycles. The van der Waals surface area contributed by atoms with E-state index in [9.17, 15) is 4.79 Å². The summed E-state index contributed by atoms with van der Waals surface area (Å²) in [5.41, 5.74) is 1.26. The van der Waals surface area contributed by atoms with Gasteiger partial charge in [-0.3, -0.25) is 4.79 Å². The van der Waals surface area contributed by atoms with Crippen molar-refractivity contribution >= 4 is 17.5 Å². The van der Waals surface area contributed by atoms with Crippen LogP contribution in [-0.2, 0) is 11.2 Å². The number of carbonyl (C=O) groups excluding carboxylic acids is 1. The highest BCUT2D eigenvalue weighted by atomic mass is 35.5. The first-order chi connectivity index (χ1) is 7.08. The lowest BCUT2D eigenvalue weighted by Gasteiger charge is -2.35. The van der Waals surface area contributed by atoms with Crippen LogP contribution < -0.4 is 0 Å². The second-order valence-electron chi connectivity index (χ2n) is 3.65. The number of hydrogen-bond donors (Lipinski definition) is 1. The lowest BCUT2D eigenvalue weighted by atomic mass is 10.1. The zero-order chi connectivity index (χ0) is 11.0. The maximum Gasteiger partial charge on any atom is 0.229 e. The average molecular weight is 231 g/mol. The van der Waals surface area contributed by atoms with Gasteiger partial charge in [-0.05, 0) is 18.5 Å². The monoisotopic (exact) mass is 230 g/mol. The van der Waals surface area contributed by atoms with Gasteiger partial charge in [0.2, 0.25) is 11.1 Å². The number of aliphatic hydroxyl groups excluding tert-OH is 1. The highest BCUT2D eigenvalue weighted by Gasteiger charge is 2.29. The lowest BCUT2D eigenvalue weighted by molar-refractivity contribution is -0.140. The van der Waals surface area contributed by atoms with E-state index in [2.05, 4.69) is 5.16 Å². The fourth-order valence-electron chi connectivity index (χ4n) is 1.48. The number of β-amino-alcohol motifs (C(OH)–C–C–N with tert-alkyl or cyclic N) is 1. The van der Waals surface area contributed by atoms with E-state index in [0.717, 1.165) is 0 Å². The van der Waals surface area contributed by atoms with Crippen molar-refractivity contribution in [1.82, 2.24) is 10.1 Å². The second-order valence-corrected chi connectivity index (χ2v) is 3.99. The van der Waals surface area contributed by atoms with Crippen molar-refractivity contribution in [1.29, 1.82) is 0 Å². The molecule has 0 spiro atoms. The molecule has 1 amide bonds. The quantitative estimate of drug-likeness (QED) is 0.798. The molecule has 0 aromatic carbocycles. The van der Waals surface area contributed by atoms with E-state index in [1.54, 1.807) is 11.8 Å². The van der Waals surface area contributed by atoms with Crippen LogP contribution in [0.5, 0.6) is 0 Å².